The molecule has 0 spiro atoms. The molecule has 1 aliphatic rings. The number of halogens is 1. The molecule has 0 radical (unpaired) electrons. The van der Waals surface area contributed by atoms with Crippen molar-refractivity contribution in [3.8, 4) is 11.4 Å². The van der Waals surface area contributed by atoms with Crippen LogP contribution in [0.3, 0.4) is 0 Å². The number of carbonyl (C=O) groups is 1. The van der Waals surface area contributed by atoms with Crippen LogP contribution < -0.4 is 4.90 Å². The van der Waals surface area contributed by atoms with Crippen molar-refractivity contribution in [3.05, 3.63) is 59.9 Å². The van der Waals surface area contributed by atoms with Gasteiger partial charge in [0.1, 0.15) is 5.82 Å². The van der Waals surface area contributed by atoms with Crippen LogP contribution in [0.15, 0.2) is 53.7 Å². The van der Waals surface area contributed by atoms with Crippen molar-refractivity contribution >= 4 is 23.4 Å². The first-order chi connectivity index (χ1) is 15.9. The number of hydrogen-bond acceptors (Lipinski definition) is 5. The molecule has 2 aromatic carbocycles. The van der Waals surface area contributed by atoms with E-state index in [9.17, 15) is 9.18 Å². The highest BCUT2D eigenvalue weighted by atomic mass is 32.2. The highest BCUT2D eigenvalue weighted by Gasteiger charge is 2.23. The van der Waals surface area contributed by atoms with Crippen LogP contribution in [0.5, 0.6) is 0 Å². The molecule has 1 saturated heterocycles. The second kappa shape index (κ2) is 10.4. The lowest BCUT2D eigenvalue weighted by atomic mass is 10.2. The highest BCUT2D eigenvalue weighted by molar-refractivity contribution is 7.99. The van der Waals surface area contributed by atoms with E-state index in [1.165, 1.54) is 29.1 Å². The largest absolute Gasteiger partial charge is 0.368 e. The maximum atomic E-state index is 14.4. The van der Waals surface area contributed by atoms with Crippen molar-refractivity contribution in [2.45, 2.75) is 32.5 Å². The first kappa shape index (κ1) is 23.3. The van der Waals surface area contributed by atoms with E-state index in [-0.39, 0.29) is 17.5 Å². The van der Waals surface area contributed by atoms with Gasteiger partial charge in [0.15, 0.2) is 11.0 Å². The SMILES string of the molecule is Cc1cccc(N2CCN(C(=O)CSc3nnc(-c4ccccc4F)n3CC(C)C)CC2)c1. The molecule has 2 heterocycles. The molecule has 0 N–H and O–H groups in total. The Kier molecular flexibility index (Phi) is 7.33. The summed E-state index contributed by atoms with van der Waals surface area (Å²) >= 11 is 1.37. The molecule has 8 heteroatoms. The van der Waals surface area contributed by atoms with E-state index in [2.05, 4.69) is 60.1 Å². The third-order valence-corrected chi connectivity index (χ3v) is 6.65. The maximum Gasteiger partial charge on any atom is 0.233 e. The molecular weight excluding hydrogens is 437 g/mol. The predicted octanol–water partition coefficient (Wildman–Crippen LogP) is 4.49. The van der Waals surface area contributed by atoms with Gasteiger partial charge in [-0.2, -0.15) is 0 Å². The van der Waals surface area contributed by atoms with Crippen molar-refractivity contribution in [3.63, 3.8) is 0 Å². The maximum absolute atomic E-state index is 14.4. The Morgan fingerprint density at radius 1 is 1.06 bits per heavy atom. The molecule has 1 aliphatic heterocycles. The molecule has 0 bridgehead atoms. The summed E-state index contributed by atoms with van der Waals surface area (Å²) in [4.78, 5) is 17.1. The smallest absolute Gasteiger partial charge is 0.233 e. The summed E-state index contributed by atoms with van der Waals surface area (Å²) in [5.74, 6) is 0.891. The fourth-order valence-electron chi connectivity index (χ4n) is 4.02. The Labute approximate surface area is 198 Å². The summed E-state index contributed by atoms with van der Waals surface area (Å²) in [5, 5.41) is 9.20. The first-order valence-electron chi connectivity index (χ1n) is 11.3. The van der Waals surface area contributed by atoms with Crippen LogP contribution in [0, 0.1) is 18.7 Å². The molecule has 0 unspecified atom stereocenters. The number of aryl methyl sites for hydroxylation is 1. The minimum atomic E-state index is -0.325. The number of thioether (sulfide) groups is 1. The number of nitrogens with zero attached hydrogens (tertiary/aromatic N) is 5. The van der Waals surface area contributed by atoms with Crippen LogP contribution in [0.1, 0.15) is 19.4 Å². The van der Waals surface area contributed by atoms with E-state index >= 15 is 0 Å². The van der Waals surface area contributed by atoms with E-state index in [4.69, 9.17) is 0 Å². The molecule has 0 saturated carbocycles. The Morgan fingerprint density at radius 2 is 1.82 bits per heavy atom. The molecular formula is C25H30FN5OS. The van der Waals surface area contributed by atoms with E-state index in [0.717, 1.165) is 13.1 Å². The number of piperazine rings is 1. The molecule has 0 atom stereocenters. The second-order valence-corrected chi connectivity index (χ2v) is 9.73. The summed E-state index contributed by atoms with van der Waals surface area (Å²) in [6.45, 7) is 9.98. The Bertz CT molecular complexity index is 1110. The van der Waals surface area contributed by atoms with Crippen molar-refractivity contribution in [1.82, 2.24) is 19.7 Å². The lowest BCUT2D eigenvalue weighted by Gasteiger charge is -2.36. The van der Waals surface area contributed by atoms with Crippen molar-refractivity contribution in [2.75, 3.05) is 36.8 Å². The zero-order chi connectivity index (χ0) is 23.4. The fourth-order valence-corrected chi connectivity index (χ4v) is 4.87. The quantitative estimate of drug-likeness (QED) is 0.479. The average Bonchev–Trinajstić information content (AvgIpc) is 3.19. The Morgan fingerprint density at radius 3 is 2.52 bits per heavy atom. The van der Waals surface area contributed by atoms with Crippen molar-refractivity contribution < 1.29 is 9.18 Å². The third-order valence-electron chi connectivity index (χ3n) is 5.70. The van der Waals surface area contributed by atoms with Gasteiger partial charge in [-0.05, 0) is 42.7 Å². The second-order valence-electron chi connectivity index (χ2n) is 8.79. The van der Waals surface area contributed by atoms with Gasteiger partial charge in [0.05, 0.1) is 11.3 Å². The first-order valence-corrected chi connectivity index (χ1v) is 12.3. The van der Waals surface area contributed by atoms with Gasteiger partial charge in [-0.25, -0.2) is 4.39 Å². The Balaban J connectivity index is 1.40. The number of anilines is 1. The standard InChI is InChI=1S/C25H30FN5OS/c1-18(2)16-31-24(21-9-4-5-10-22(21)26)27-28-25(31)33-17-23(32)30-13-11-29(12-14-30)20-8-6-7-19(3)15-20/h4-10,15,18H,11-14,16-17H2,1-3H3. The van der Waals surface area contributed by atoms with E-state index < -0.39 is 0 Å². The molecule has 1 fully saturated rings. The number of hydrogen-bond donors (Lipinski definition) is 0. The topological polar surface area (TPSA) is 54.3 Å². The highest BCUT2D eigenvalue weighted by Crippen LogP contribution is 2.27. The summed E-state index contributed by atoms with van der Waals surface area (Å²) in [6, 6.07) is 15.1. The lowest BCUT2D eigenvalue weighted by Crippen LogP contribution is -2.49. The molecule has 174 valence electrons. The minimum absolute atomic E-state index is 0.0930. The fraction of sp³-hybridized carbons (Fsp3) is 0.400. The van der Waals surface area contributed by atoms with Gasteiger partial charge in [-0.3, -0.25) is 4.79 Å². The summed E-state index contributed by atoms with van der Waals surface area (Å²) in [7, 11) is 0. The van der Waals surface area contributed by atoms with E-state index in [0.29, 0.717) is 42.1 Å². The van der Waals surface area contributed by atoms with Crippen LogP contribution in [0.2, 0.25) is 0 Å². The average molecular weight is 468 g/mol. The summed E-state index contributed by atoms with van der Waals surface area (Å²) in [5.41, 5.74) is 2.87. The number of carbonyl (C=O) groups excluding carboxylic acids is 1. The van der Waals surface area contributed by atoms with Gasteiger partial charge in [0.2, 0.25) is 5.91 Å². The van der Waals surface area contributed by atoms with Crippen LogP contribution in [0.25, 0.3) is 11.4 Å². The monoisotopic (exact) mass is 467 g/mol. The third kappa shape index (κ3) is 5.55. The molecule has 1 aromatic heterocycles. The van der Waals surface area contributed by atoms with Gasteiger partial charge in [-0.1, -0.05) is 49.9 Å². The van der Waals surface area contributed by atoms with Crippen LogP contribution in [-0.2, 0) is 11.3 Å². The van der Waals surface area contributed by atoms with Crippen molar-refractivity contribution in [1.29, 1.82) is 0 Å². The van der Waals surface area contributed by atoms with Crippen LogP contribution >= 0.6 is 11.8 Å². The minimum Gasteiger partial charge on any atom is -0.368 e. The van der Waals surface area contributed by atoms with Gasteiger partial charge >= 0.3 is 0 Å². The number of aromatic nitrogens is 3. The van der Waals surface area contributed by atoms with Gasteiger partial charge in [0.25, 0.3) is 0 Å². The van der Waals surface area contributed by atoms with Gasteiger partial charge < -0.3 is 14.4 Å². The van der Waals surface area contributed by atoms with Crippen LogP contribution in [-0.4, -0.2) is 57.5 Å². The molecule has 0 aliphatic carbocycles. The molecule has 1 amide bonds. The van der Waals surface area contributed by atoms with Gasteiger partial charge in [0, 0.05) is 38.4 Å². The molecule has 3 aromatic rings. The van der Waals surface area contributed by atoms with Crippen LogP contribution in [0.4, 0.5) is 10.1 Å². The molecule has 33 heavy (non-hydrogen) atoms. The zero-order valence-electron chi connectivity index (χ0n) is 19.4. The molecule has 4 rings (SSSR count). The van der Waals surface area contributed by atoms with Gasteiger partial charge in [-0.15, -0.1) is 10.2 Å². The predicted molar refractivity (Wildman–Crippen MR) is 131 cm³/mol. The summed E-state index contributed by atoms with van der Waals surface area (Å²) < 4.78 is 16.3. The van der Waals surface area contributed by atoms with E-state index in [1.54, 1.807) is 18.2 Å². The van der Waals surface area contributed by atoms with E-state index in [1.807, 2.05) is 9.47 Å². The number of rotatable bonds is 7. The number of benzene rings is 2. The Hall–Kier alpha value is -2.87. The lowest BCUT2D eigenvalue weighted by molar-refractivity contribution is -0.128. The van der Waals surface area contributed by atoms with Crippen molar-refractivity contribution in [2.24, 2.45) is 5.92 Å². The zero-order valence-corrected chi connectivity index (χ0v) is 20.2. The molecule has 6 nitrogen and oxygen atoms in total. The summed E-state index contributed by atoms with van der Waals surface area (Å²) in [6.07, 6.45) is 0. The number of amides is 1. The normalized spacial score (nSPS) is 14.2.